The molecule has 0 amide bonds. The van der Waals surface area contributed by atoms with Gasteiger partial charge in [0.15, 0.2) is 0 Å². The number of hydrogen-bond acceptors (Lipinski definition) is 6. The molecule has 0 radical (unpaired) electrons. The number of aliphatic carboxylic acids is 1. The Balaban J connectivity index is -0.000000388. The van der Waals surface area contributed by atoms with Gasteiger partial charge in [0.2, 0.25) is 0 Å². The molecular formula is C25H36F10INO7. The van der Waals surface area contributed by atoms with Crippen LogP contribution in [0.2, 0.25) is 0 Å². The lowest BCUT2D eigenvalue weighted by molar-refractivity contribution is -0.849. The van der Waals surface area contributed by atoms with Crippen molar-refractivity contribution in [2.75, 3.05) is 35.3 Å². The minimum atomic E-state index is -4.71. The molecule has 44 heavy (non-hydrogen) atoms. The van der Waals surface area contributed by atoms with Crippen molar-refractivity contribution in [1.29, 1.82) is 0 Å². The highest BCUT2D eigenvalue weighted by molar-refractivity contribution is 14.1. The molecule has 2 rings (SSSR count). The number of carbonyl (C=O) groups excluding carboxylic acids is 2. The van der Waals surface area contributed by atoms with E-state index in [1.165, 1.54) is 12.1 Å². The second kappa shape index (κ2) is 20.6. The maximum atomic E-state index is 12.3. The van der Waals surface area contributed by atoms with E-state index in [2.05, 4.69) is 28.2 Å². The highest BCUT2D eigenvalue weighted by atomic mass is 127. The number of benzene rings is 1. The molecule has 0 fully saturated rings. The lowest BCUT2D eigenvalue weighted by Gasteiger charge is -2.31. The Morgan fingerprint density at radius 3 is 1.43 bits per heavy atom. The highest BCUT2D eigenvalue weighted by Gasteiger charge is 2.38. The van der Waals surface area contributed by atoms with Gasteiger partial charge in [-0.25, -0.2) is 0 Å². The van der Waals surface area contributed by atoms with Crippen LogP contribution in [0, 0.1) is 3.57 Å². The zero-order valence-electron chi connectivity index (χ0n) is 24.2. The third kappa shape index (κ3) is 27.2. The van der Waals surface area contributed by atoms with Gasteiger partial charge in [-0.2, -0.15) is 39.5 Å². The number of fused-ring (bicyclic) bond motifs is 1. The van der Waals surface area contributed by atoms with Crippen molar-refractivity contribution in [1.82, 2.24) is 0 Å². The minimum Gasteiger partial charge on any atom is -0.870 e. The Labute approximate surface area is 263 Å². The van der Waals surface area contributed by atoms with Gasteiger partial charge in [-0.3, -0.25) is 18.8 Å². The molecule has 1 aromatic carbocycles. The first kappa shape index (κ1) is 46.0. The van der Waals surface area contributed by atoms with Crippen molar-refractivity contribution in [2.24, 2.45) is 0 Å². The van der Waals surface area contributed by atoms with Gasteiger partial charge in [-0.1, -0.05) is 13.5 Å². The number of carbonyl (C=O) groups is 3. The number of rotatable bonds is 5. The molecule has 0 saturated heterocycles. The van der Waals surface area contributed by atoms with E-state index in [1.54, 1.807) is 6.07 Å². The molecule has 0 bridgehead atoms. The quantitative estimate of drug-likeness (QED) is 0.142. The van der Waals surface area contributed by atoms with Crippen LogP contribution in [0.5, 0.6) is 0 Å². The summed E-state index contributed by atoms with van der Waals surface area (Å²) in [6.45, 7) is 0. The van der Waals surface area contributed by atoms with Gasteiger partial charge in [-0.15, -0.1) is 0 Å². The largest absolute Gasteiger partial charge is 0.870 e. The number of hydrogen-bond donors (Lipinski definition) is 1. The smallest absolute Gasteiger partial charge is 0.399 e. The lowest BCUT2D eigenvalue weighted by Crippen LogP contribution is -2.27. The lowest BCUT2D eigenvalue weighted by atomic mass is 9.87. The van der Waals surface area contributed by atoms with Crippen LogP contribution in [0.1, 0.15) is 64.2 Å². The summed E-state index contributed by atoms with van der Waals surface area (Å²) in [5, 5.41) is 7.53. The summed E-state index contributed by atoms with van der Waals surface area (Å²) < 4.78 is 134. The van der Waals surface area contributed by atoms with E-state index in [-0.39, 0.29) is 25.7 Å². The van der Waals surface area contributed by atoms with E-state index < -0.39 is 75.1 Å². The molecule has 0 aromatic heterocycles. The highest BCUT2D eigenvalue weighted by Crippen LogP contribution is 2.41. The van der Waals surface area contributed by atoms with E-state index in [4.69, 9.17) is 16.0 Å². The van der Waals surface area contributed by atoms with Crippen LogP contribution in [0.4, 0.5) is 43.9 Å². The van der Waals surface area contributed by atoms with Gasteiger partial charge >= 0.3 is 36.4 Å². The number of alkyl halides is 10. The fraction of sp³-hybridized carbons (Fsp3) is 0.640. The van der Waals surface area contributed by atoms with Crippen molar-refractivity contribution in [3.8, 4) is 0 Å². The predicted octanol–water partition coefficient (Wildman–Crippen LogP) is 7.55. The SMILES string of the molecule is C.C[N+](C)(C)C.O=C(CC(F)(F)F)OC1CCC(OC(=O)CC(F)(F)F)c2cc(I)ccc21.O=C(O)CC(F)(F)F.[2H]CF.[OH-]. The predicted molar refractivity (Wildman–Crippen MR) is 145 cm³/mol. The molecule has 1 aromatic rings. The van der Waals surface area contributed by atoms with E-state index in [9.17, 15) is 58.3 Å². The van der Waals surface area contributed by atoms with Gasteiger partial charge < -0.3 is 24.5 Å². The van der Waals surface area contributed by atoms with Crippen molar-refractivity contribution < 1.29 is 84.2 Å². The zero-order valence-corrected chi connectivity index (χ0v) is 25.3. The fourth-order valence-electron chi connectivity index (χ4n) is 2.88. The van der Waals surface area contributed by atoms with E-state index in [0.717, 1.165) is 4.48 Å². The second-order valence-corrected chi connectivity index (χ2v) is 11.0. The van der Waals surface area contributed by atoms with Crippen molar-refractivity contribution in [3.63, 3.8) is 0 Å². The Kier molecular flexibility index (Phi) is 21.5. The molecule has 0 aliphatic heterocycles. The van der Waals surface area contributed by atoms with Gasteiger partial charge in [0, 0.05) is 9.13 Å². The first-order valence-electron chi connectivity index (χ1n) is 12.1. The van der Waals surface area contributed by atoms with Crippen molar-refractivity contribution >= 4 is 40.5 Å². The standard InChI is InChI=1S/C16H13F6IO4.C4H12N.C3H3F3O2.CH3F.CH4.H2O/c17-15(18,19)6-13(24)26-11-3-4-12(27-14(25)7-16(20,21)22)10-5-8(23)1-2-9(10)11;1-5(2,3)4;4-3(5,6)1-2(7)8;1-2;;/h1-2,5,11-12H,3-4,6-7H2;1-4H3;1H2,(H,7,8);1H3;1H4;1H2/q;+1;;;;/p-1/i;;;1D;;. The Morgan fingerprint density at radius 1 is 0.841 bits per heavy atom. The normalized spacial score (nSPS) is 16.1. The number of ether oxygens (including phenoxy) is 2. The van der Waals surface area contributed by atoms with Gasteiger partial charge in [-0.05, 0) is 53.1 Å². The average Bonchev–Trinajstić information content (AvgIpc) is 2.70. The molecule has 260 valence electrons. The zero-order chi connectivity index (χ0) is 34.4. The Morgan fingerprint density at radius 2 is 1.16 bits per heavy atom. The Bertz CT molecular complexity index is 1030. The maximum Gasteiger partial charge on any atom is 0.399 e. The van der Waals surface area contributed by atoms with Crippen LogP contribution in [-0.4, -0.2) is 86.8 Å². The summed E-state index contributed by atoms with van der Waals surface area (Å²) in [6.07, 6.45) is -21.2. The number of carboxylic acids is 1. The molecule has 19 heteroatoms. The van der Waals surface area contributed by atoms with Gasteiger partial charge in [0.05, 0.1) is 36.7 Å². The van der Waals surface area contributed by atoms with E-state index in [1.807, 2.05) is 22.6 Å². The monoisotopic (exact) mass is 780 g/mol. The van der Waals surface area contributed by atoms with E-state index in [0.29, 0.717) is 14.7 Å². The van der Waals surface area contributed by atoms with Gasteiger partial charge in [0.25, 0.3) is 0 Å². The first-order chi connectivity index (χ1) is 19.2. The molecule has 0 spiro atoms. The minimum absolute atomic E-state index is 0. The van der Waals surface area contributed by atoms with Crippen LogP contribution in [-0.2, 0) is 23.9 Å². The van der Waals surface area contributed by atoms with E-state index >= 15 is 0 Å². The molecule has 2 unspecified atom stereocenters. The number of nitrogens with zero attached hydrogens (tertiary/aromatic N) is 1. The van der Waals surface area contributed by atoms with Crippen molar-refractivity contribution in [2.45, 2.75) is 70.3 Å². The van der Waals surface area contributed by atoms with Crippen LogP contribution < -0.4 is 0 Å². The molecule has 2 atom stereocenters. The average molecular weight is 780 g/mol. The Hall–Kier alpha value is -2.42. The van der Waals surface area contributed by atoms with Crippen LogP contribution >= 0.6 is 22.6 Å². The molecule has 1 aliphatic rings. The molecule has 2 N–H and O–H groups in total. The molecule has 0 heterocycles. The molecule has 0 saturated carbocycles. The summed E-state index contributed by atoms with van der Waals surface area (Å²) in [5.74, 6) is -4.76. The second-order valence-electron chi connectivity index (χ2n) is 9.76. The summed E-state index contributed by atoms with van der Waals surface area (Å²) in [4.78, 5) is 32.2. The first-order valence-corrected chi connectivity index (χ1v) is 12.5. The number of esters is 2. The van der Waals surface area contributed by atoms with Crippen LogP contribution in [0.3, 0.4) is 0 Å². The fourth-order valence-corrected chi connectivity index (χ4v) is 3.39. The summed E-state index contributed by atoms with van der Waals surface area (Å²) in [6, 6.07) is 4.63. The summed E-state index contributed by atoms with van der Waals surface area (Å²) in [5.41, 5.74) is 0.621. The third-order valence-electron chi connectivity index (χ3n) is 4.02. The molecule has 1 aliphatic carbocycles. The third-order valence-corrected chi connectivity index (χ3v) is 4.69. The van der Waals surface area contributed by atoms with Crippen molar-refractivity contribution in [3.05, 3.63) is 32.9 Å². The molecule has 8 nitrogen and oxygen atoms in total. The van der Waals surface area contributed by atoms with Gasteiger partial charge in [0.1, 0.15) is 31.5 Å². The summed E-state index contributed by atoms with van der Waals surface area (Å²) in [7, 11) is 7.50. The maximum absolute atomic E-state index is 12.3. The number of carboxylic acid groups (broad SMARTS) is 1. The van der Waals surface area contributed by atoms with Crippen LogP contribution in [0.15, 0.2) is 18.2 Å². The number of quaternary nitrogens is 1. The number of halogens is 11. The molecular weight excluding hydrogens is 743 g/mol. The summed E-state index contributed by atoms with van der Waals surface area (Å²) >= 11 is 1.93. The topological polar surface area (TPSA) is 120 Å². The van der Waals surface area contributed by atoms with Crippen LogP contribution in [0.25, 0.3) is 0 Å².